The van der Waals surface area contributed by atoms with Crippen LogP contribution in [-0.4, -0.2) is 32.3 Å². The number of hydrogen-bond acceptors (Lipinski definition) is 4. The zero-order valence-electron chi connectivity index (χ0n) is 17.2. The molecule has 1 N–H and O–H groups in total. The summed E-state index contributed by atoms with van der Waals surface area (Å²) in [5.41, 5.74) is 2.00. The third kappa shape index (κ3) is 5.64. The maximum atomic E-state index is 13.3. The van der Waals surface area contributed by atoms with Crippen molar-refractivity contribution in [3.63, 3.8) is 0 Å². The van der Waals surface area contributed by atoms with E-state index in [-0.39, 0.29) is 18.0 Å². The molecule has 0 heterocycles. The van der Waals surface area contributed by atoms with Crippen LogP contribution in [0.5, 0.6) is 5.75 Å². The fourth-order valence-electron chi connectivity index (χ4n) is 3.00. The van der Waals surface area contributed by atoms with Crippen molar-refractivity contribution in [2.24, 2.45) is 0 Å². The van der Waals surface area contributed by atoms with Crippen LogP contribution in [0.3, 0.4) is 0 Å². The molecule has 3 aromatic rings. The molecule has 3 rings (SSSR count). The first kappa shape index (κ1) is 22.8. The zero-order valence-corrected chi connectivity index (χ0v) is 18.8. The minimum absolute atomic E-state index is 0.0464. The number of benzene rings is 3. The molecule has 0 spiro atoms. The number of amides is 1. The second-order valence-electron chi connectivity index (χ2n) is 6.93. The first-order valence-corrected chi connectivity index (χ1v) is 11.4. The molecule has 0 atom stereocenters. The minimum Gasteiger partial charge on any atom is -0.495 e. The summed E-state index contributed by atoms with van der Waals surface area (Å²) < 4.78 is 33.1. The van der Waals surface area contributed by atoms with Crippen molar-refractivity contribution in [1.82, 2.24) is 4.31 Å². The van der Waals surface area contributed by atoms with Gasteiger partial charge in [-0.3, -0.25) is 4.79 Å². The van der Waals surface area contributed by atoms with Gasteiger partial charge in [-0.2, -0.15) is 4.31 Å². The molecule has 0 saturated carbocycles. The molecule has 0 saturated heterocycles. The molecular weight excluding hydrogens is 436 g/mol. The minimum atomic E-state index is -3.95. The Balaban J connectivity index is 1.91. The van der Waals surface area contributed by atoms with E-state index in [1.807, 2.05) is 6.92 Å². The smallest absolute Gasteiger partial charge is 0.243 e. The molecule has 0 bridgehead atoms. The molecule has 0 aromatic heterocycles. The highest BCUT2D eigenvalue weighted by Crippen LogP contribution is 2.25. The molecule has 1 amide bonds. The van der Waals surface area contributed by atoms with Gasteiger partial charge in [0.1, 0.15) is 5.75 Å². The Bertz CT molecular complexity index is 1160. The van der Waals surface area contributed by atoms with Gasteiger partial charge in [-0.05, 0) is 42.8 Å². The summed E-state index contributed by atoms with van der Waals surface area (Å²) in [4.78, 5) is 12.9. The van der Waals surface area contributed by atoms with Crippen LogP contribution in [0.1, 0.15) is 11.1 Å². The Labute approximate surface area is 187 Å². The Hall–Kier alpha value is -2.87. The Kier molecular flexibility index (Phi) is 7.33. The summed E-state index contributed by atoms with van der Waals surface area (Å²) in [6, 6.07) is 20.4. The lowest BCUT2D eigenvalue weighted by molar-refractivity contribution is -0.116. The molecule has 8 heteroatoms. The van der Waals surface area contributed by atoms with Crippen molar-refractivity contribution in [1.29, 1.82) is 0 Å². The lowest BCUT2D eigenvalue weighted by atomic mass is 10.2. The van der Waals surface area contributed by atoms with E-state index in [0.717, 1.165) is 9.87 Å². The third-order valence-electron chi connectivity index (χ3n) is 4.66. The first-order chi connectivity index (χ1) is 14.8. The number of carbonyl (C=O) groups is 1. The van der Waals surface area contributed by atoms with Crippen LogP contribution in [0, 0.1) is 6.92 Å². The molecule has 0 aliphatic carbocycles. The summed E-state index contributed by atoms with van der Waals surface area (Å²) in [6.45, 7) is 1.44. The van der Waals surface area contributed by atoms with Gasteiger partial charge in [0.15, 0.2) is 0 Å². The summed E-state index contributed by atoms with van der Waals surface area (Å²) in [7, 11) is -2.46. The van der Waals surface area contributed by atoms with Crippen molar-refractivity contribution in [2.75, 3.05) is 19.0 Å². The second kappa shape index (κ2) is 9.96. The van der Waals surface area contributed by atoms with Crippen LogP contribution in [0.4, 0.5) is 5.69 Å². The summed E-state index contributed by atoms with van der Waals surface area (Å²) in [5, 5.41) is 3.15. The van der Waals surface area contributed by atoms with Crippen LogP contribution < -0.4 is 10.1 Å². The van der Waals surface area contributed by atoms with Crippen LogP contribution >= 0.6 is 11.6 Å². The predicted octanol–water partition coefficient (Wildman–Crippen LogP) is 4.49. The van der Waals surface area contributed by atoms with E-state index in [1.165, 1.54) is 19.2 Å². The number of halogens is 1. The Morgan fingerprint density at radius 2 is 1.65 bits per heavy atom. The normalized spacial score (nSPS) is 11.4. The average Bonchev–Trinajstić information content (AvgIpc) is 2.75. The first-order valence-electron chi connectivity index (χ1n) is 9.54. The molecule has 31 heavy (non-hydrogen) atoms. The van der Waals surface area contributed by atoms with Gasteiger partial charge in [-0.1, -0.05) is 59.6 Å². The molecule has 3 aromatic carbocycles. The van der Waals surface area contributed by atoms with E-state index in [4.69, 9.17) is 16.3 Å². The number of ether oxygens (including phenoxy) is 1. The largest absolute Gasteiger partial charge is 0.495 e. The van der Waals surface area contributed by atoms with E-state index in [2.05, 4.69) is 5.32 Å². The lowest BCUT2D eigenvalue weighted by Gasteiger charge is -2.23. The van der Waals surface area contributed by atoms with Gasteiger partial charge in [0.2, 0.25) is 15.9 Å². The fraction of sp³-hybridized carbons (Fsp3) is 0.174. The van der Waals surface area contributed by atoms with Gasteiger partial charge in [0.25, 0.3) is 0 Å². The number of rotatable bonds is 8. The SMILES string of the molecule is COc1ccccc1NC(=O)CN(Cc1ccccc1Cl)S(=O)(=O)c1ccc(C)cc1. The maximum Gasteiger partial charge on any atom is 0.243 e. The molecule has 0 unspecified atom stereocenters. The highest BCUT2D eigenvalue weighted by Gasteiger charge is 2.27. The molecule has 0 radical (unpaired) electrons. The van der Waals surface area contributed by atoms with E-state index in [9.17, 15) is 13.2 Å². The second-order valence-corrected chi connectivity index (χ2v) is 9.27. The van der Waals surface area contributed by atoms with Gasteiger partial charge in [-0.15, -0.1) is 0 Å². The van der Waals surface area contributed by atoms with E-state index >= 15 is 0 Å². The number of carbonyl (C=O) groups excluding carboxylic acids is 1. The fourth-order valence-corrected chi connectivity index (χ4v) is 4.57. The van der Waals surface area contributed by atoms with Crippen molar-refractivity contribution < 1.29 is 17.9 Å². The number of para-hydroxylation sites is 2. The average molecular weight is 459 g/mol. The van der Waals surface area contributed by atoms with Gasteiger partial charge >= 0.3 is 0 Å². The number of anilines is 1. The summed E-state index contributed by atoms with van der Waals surface area (Å²) >= 11 is 6.25. The topological polar surface area (TPSA) is 75.7 Å². The van der Waals surface area contributed by atoms with E-state index < -0.39 is 15.9 Å². The zero-order chi connectivity index (χ0) is 22.4. The maximum absolute atomic E-state index is 13.3. The lowest BCUT2D eigenvalue weighted by Crippen LogP contribution is -2.37. The molecule has 0 aliphatic heterocycles. The number of nitrogens with zero attached hydrogens (tertiary/aromatic N) is 1. The Morgan fingerprint density at radius 3 is 2.32 bits per heavy atom. The molecule has 6 nitrogen and oxygen atoms in total. The Morgan fingerprint density at radius 1 is 1.00 bits per heavy atom. The number of hydrogen-bond donors (Lipinski definition) is 1. The number of sulfonamides is 1. The molecular formula is C23H23ClN2O4S. The van der Waals surface area contributed by atoms with Gasteiger partial charge < -0.3 is 10.1 Å². The predicted molar refractivity (Wildman–Crippen MR) is 122 cm³/mol. The van der Waals surface area contributed by atoms with Crippen molar-refractivity contribution in [2.45, 2.75) is 18.4 Å². The highest BCUT2D eigenvalue weighted by atomic mass is 35.5. The van der Waals surface area contributed by atoms with E-state index in [1.54, 1.807) is 60.7 Å². The quantitative estimate of drug-likeness (QED) is 0.539. The number of nitrogens with one attached hydrogen (secondary N) is 1. The van der Waals surface area contributed by atoms with Crippen molar-refractivity contribution in [3.8, 4) is 5.75 Å². The summed E-state index contributed by atoms with van der Waals surface area (Å²) in [5.74, 6) is -0.0119. The standard InChI is InChI=1S/C23H23ClN2O4S/c1-17-11-13-19(14-12-17)31(28,29)26(15-18-7-3-4-8-20(18)24)16-23(27)25-21-9-5-6-10-22(21)30-2/h3-14H,15-16H2,1-2H3,(H,25,27). The van der Waals surface area contributed by atoms with Crippen LogP contribution in [0.15, 0.2) is 77.7 Å². The van der Waals surface area contributed by atoms with Crippen molar-refractivity contribution >= 4 is 33.2 Å². The van der Waals surface area contributed by atoms with Crippen molar-refractivity contribution in [3.05, 3.63) is 88.9 Å². The molecule has 0 aliphatic rings. The monoisotopic (exact) mass is 458 g/mol. The highest BCUT2D eigenvalue weighted by molar-refractivity contribution is 7.89. The van der Waals surface area contributed by atoms with Gasteiger partial charge in [0.05, 0.1) is 24.2 Å². The van der Waals surface area contributed by atoms with Crippen LogP contribution in [-0.2, 0) is 21.4 Å². The number of methoxy groups -OCH3 is 1. The van der Waals surface area contributed by atoms with Crippen LogP contribution in [0.25, 0.3) is 0 Å². The molecule has 162 valence electrons. The van der Waals surface area contributed by atoms with Crippen LogP contribution in [0.2, 0.25) is 5.02 Å². The molecule has 0 fully saturated rings. The number of aryl methyl sites for hydroxylation is 1. The van der Waals surface area contributed by atoms with E-state index in [0.29, 0.717) is 22.0 Å². The summed E-state index contributed by atoms with van der Waals surface area (Å²) in [6.07, 6.45) is 0. The van der Waals surface area contributed by atoms with Gasteiger partial charge in [-0.25, -0.2) is 8.42 Å². The van der Waals surface area contributed by atoms with Gasteiger partial charge in [0, 0.05) is 11.6 Å². The third-order valence-corrected chi connectivity index (χ3v) is 6.84.